The highest BCUT2D eigenvalue weighted by Gasteiger charge is 2.29. The molecule has 112 valence electrons. The number of nitrogens with one attached hydrogen (secondary N) is 1. The van der Waals surface area contributed by atoms with Gasteiger partial charge in [-0.2, -0.15) is 0 Å². The van der Waals surface area contributed by atoms with Crippen molar-refractivity contribution < 1.29 is 0 Å². The Kier molecular flexibility index (Phi) is 6.06. The molecule has 0 unspecified atom stereocenters. The predicted molar refractivity (Wildman–Crippen MR) is 86.7 cm³/mol. The second-order valence-corrected chi connectivity index (χ2v) is 6.55. The van der Waals surface area contributed by atoms with Crippen molar-refractivity contribution in [2.75, 3.05) is 13.1 Å². The molecule has 1 aromatic carbocycles. The van der Waals surface area contributed by atoms with E-state index in [9.17, 15) is 0 Å². The van der Waals surface area contributed by atoms with Gasteiger partial charge in [-0.1, -0.05) is 45.0 Å². The smallest absolute Gasteiger partial charge is 0.0236 e. The average molecular weight is 274 g/mol. The van der Waals surface area contributed by atoms with Gasteiger partial charge in [0.05, 0.1) is 0 Å². The van der Waals surface area contributed by atoms with Gasteiger partial charge in [0.25, 0.3) is 0 Å². The molecule has 0 atom stereocenters. The lowest BCUT2D eigenvalue weighted by atomic mass is 10.1. The maximum absolute atomic E-state index is 3.49. The Morgan fingerprint density at radius 2 is 2.00 bits per heavy atom. The van der Waals surface area contributed by atoms with E-state index < -0.39 is 0 Å². The molecule has 1 aliphatic rings. The van der Waals surface area contributed by atoms with Gasteiger partial charge in [-0.15, -0.1) is 0 Å². The molecular formula is C18H30N2. The van der Waals surface area contributed by atoms with Gasteiger partial charge < -0.3 is 5.32 Å². The quantitative estimate of drug-likeness (QED) is 0.689. The fourth-order valence-corrected chi connectivity index (χ4v) is 2.73. The summed E-state index contributed by atoms with van der Waals surface area (Å²) in [5.74, 6) is 0.755. The van der Waals surface area contributed by atoms with Gasteiger partial charge in [-0.05, 0) is 42.9 Å². The van der Waals surface area contributed by atoms with E-state index in [1.54, 1.807) is 0 Å². The van der Waals surface area contributed by atoms with Gasteiger partial charge in [-0.25, -0.2) is 0 Å². The largest absolute Gasteiger partial charge is 0.313 e. The molecule has 0 spiro atoms. The summed E-state index contributed by atoms with van der Waals surface area (Å²) in [6, 6.07) is 9.94. The van der Waals surface area contributed by atoms with Crippen molar-refractivity contribution in [2.24, 2.45) is 5.92 Å². The minimum absolute atomic E-state index is 0.755. The van der Waals surface area contributed by atoms with Gasteiger partial charge in [0.2, 0.25) is 0 Å². The van der Waals surface area contributed by atoms with Crippen LogP contribution in [-0.2, 0) is 13.1 Å². The standard InChI is InChI=1S/C18H30N2/c1-4-10-19-12-16-6-5-7-17(11-16)14-20(13-15(2)3)18-8-9-18/h5-7,11,15,18-19H,4,8-10,12-14H2,1-3H3. The molecule has 2 rings (SSSR count). The van der Waals surface area contributed by atoms with Crippen molar-refractivity contribution >= 4 is 0 Å². The zero-order chi connectivity index (χ0) is 14.4. The maximum Gasteiger partial charge on any atom is 0.0236 e. The van der Waals surface area contributed by atoms with Gasteiger partial charge >= 0.3 is 0 Å². The molecule has 0 saturated heterocycles. The molecule has 0 bridgehead atoms. The maximum atomic E-state index is 3.49. The second-order valence-electron chi connectivity index (χ2n) is 6.55. The normalized spacial score (nSPS) is 15.2. The summed E-state index contributed by atoms with van der Waals surface area (Å²) in [7, 11) is 0. The minimum atomic E-state index is 0.755. The van der Waals surface area contributed by atoms with Crippen LogP contribution in [0, 0.1) is 5.92 Å². The Morgan fingerprint density at radius 3 is 2.65 bits per heavy atom. The Labute approximate surface area is 124 Å². The van der Waals surface area contributed by atoms with Crippen molar-refractivity contribution in [1.29, 1.82) is 0 Å². The van der Waals surface area contributed by atoms with E-state index in [4.69, 9.17) is 0 Å². The lowest BCUT2D eigenvalue weighted by Gasteiger charge is -2.24. The molecule has 0 aliphatic heterocycles. The predicted octanol–water partition coefficient (Wildman–Crippen LogP) is 3.81. The van der Waals surface area contributed by atoms with Crippen LogP contribution in [0.15, 0.2) is 24.3 Å². The third-order valence-corrected chi connectivity index (χ3v) is 3.80. The topological polar surface area (TPSA) is 15.3 Å². The molecule has 2 nitrogen and oxygen atoms in total. The Hall–Kier alpha value is -0.860. The van der Waals surface area contributed by atoms with Crippen molar-refractivity contribution in [3.8, 4) is 0 Å². The number of hydrogen-bond acceptors (Lipinski definition) is 2. The lowest BCUT2D eigenvalue weighted by Crippen LogP contribution is -2.29. The van der Waals surface area contributed by atoms with Gasteiger partial charge in [0, 0.05) is 25.7 Å². The Morgan fingerprint density at radius 1 is 1.25 bits per heavy atom. The molecule has 20 heavy (non-hydrogen) atoms. The van der Waals surface area contributed by atoms with E-state index in [2.05, 4.69) is 55.3 Å². The number of rotatable bonds is 9. The van der Waals surface area contributed by atoms with Crippen LogP contribution in [-0.4, -0.2) is 24.0 Å². The molecule has 0 amide bonds. The van der Waals surface area contributed by atoms with Crippen LogP contribution < -0.4 is 5.32 Å². The first-order valence-corrected chi connectivity index (χ1v) is 8.21. The van der Waals surface area contributed by atoms with Crippen molar-refractivity contribution in [3.63, 3.8) is 0 Å². The second kappa shape index (κ2) is 7.80. The minimum Gasteiger partial charge on any atom is -0.313 e. The summed E-state index contributed by atoms with van der Waals surface area (Å²) in [5, 5.41) is 3.49. The molecule has 0 aromatic heterocycles. The highest BCUT2D eigenvalue weighted by atomic mass is 15.2. The van der Waals surface area contributed by atoms with Crippen LogP contribution in [0.5, 0.6) is 0 Å². The van der Waals surface area contributed by atoms with Crippen LogP contribution in [0.2, 0.25) is 0 Å². The molecule has 1 fully saturated rings. The summed E-state index contributed by atoms with van der Waals surface area (Å²) in [6.07, 6.45) is 3.98. The average Bonchev–Trinajstić information content (AvgIpc) is 3.22. The monoisotopic (exact) mass is 274 g/mol. The molecular weight excluding hydrogens is 244 g/mol. The summed E-state index contributed by atoms with van der Waals surface area (Å²) in [6.45, 7) is 11.3. The summed E-state index contributed by atoms with van der Waals surface area (Å²) in [5.41, 5.74) is 2.88. The SMILES string of the molecule is CCCNCc1cccc(CN(CC(C)C)C2CC2)c1. The van der Waals surface area contributed by atoms with Gasteiger partial charge in [0.1, 0.15) is 0 Å². The van der Waals surface area contributed by atoms with Crippen molar-refractivity contribution in [3.05, 3.63) is 35.4 Å². The molecule has 2 heteroatoms. The van der Waals surface area contributed by atoms with Crippen molar-refractivity contribution in [1.82, 2.24) is 10.2 Å². The molecule has 0 radical (unpaired) electrons. The molecule has 0 heterocycles. The third-order valence-electron chi connectivity index (χ3n) is 3.80. The highest BCUT2D eigenvalue weighted by Crippen LogP contribution is 2.29. The lowest BCUT2D eigenvalue weighted by molar-refractivity contribution is 0.226. The van der Waals surface area contributed by atoms with E-state index in [0.29, 0.717) is 0 Å². The Balaban J connectivity index is 1.91. The number of hydrogen-bond donors (Lipinski definition) is 1. The van der Waals surface area contributed by atoms with E-state index in [0.717, 1.165) is 31.6 Å². The van der Waals surface area contributed by atoms with Crippen molar-refractivity contribution in [2.45, 2.75) is 59.2 Å². The van der Waals surface area contributed by atoms with Crippen LogP contribution in [0.3, 0.4) is 0 Å². The van der Waals surface area contributed by atoms with Crippen LogP contribution in [0.4, 0.5) is 0 Å². The molecule has 1 N–H and O–H groups in total. The molecule has 1 saturated carbocycles. The highest BCUT2D eigenvalue weighted by molar-refractivity contribution is 5.23. The third kappa shape index (κ3) is 5.26. The van der Waals surface area contributed by atoms with Gasteiger partial charge in [-0.3, -0.25) is 4.90 Å². The fourth-order valence-electron chi connectivity index (χ4n) is 2.73. The van der Waals surface area contributed by atoms with Crippen LogP contribution >= 0.6 is 0 Å². The first kappa shape index (κ1) is 15.5. The van der Waals surface area contributed by atoms with Gasteiger partial charge in [0.15, 0.2) is 0 Å². The first-order chi connectivity index (χ1) is 9.69. The summed E-state index contributed by atoms with van der Waals surface area (Å²) in [4.78, 5) is 2.67. The van der Waals surface area contributed by atoms with E-state index in [1.165, 1.54) is 36.9 Å². The molecule has 1 aromatic rings. The number of nitrogens with zero attached hydrogens (tertiary/aromatic N) is 1. The fraction of sp³-hybridized carbons (Fsp3) is 0.667. The van der Waals surface area contributed by atoms with Crippen LogP contribution in [0.1, 0.15) is 51.2 Å². The van der Waals surface area contributed by atoms with E-state index in [-0.39, 0.29) is 0 Å². The zero-order valence-electron chi connectivity index (χ0n) is 13.4. The van der Waals surface area contributed by atoms with Crippen LogP contribution in [0.25, 0.3) is 0 Å². The first-order valence-electron chi connectivity index (χ1n) is 8.21. The summed E-state index contributed by atoms with van der Waals surface area (Å²) < 4.78 is 0. The molecule has 1 aliphatic carbocycles. The van der Waals surface area contributed by atoms with E-state index in [1.807, 2.05) is 0 Å². The Bertz CT molecular complexity index is 396. The summed E-state index contributed by atoms with van der Waals surface area (Å²) >= 11 is 0. The van der Waals surface area contributed by atoms with E-state index >= 15 is 0 Å². The number of benzene rings is 1. The zero-order valence-corrected chi connectivity index (χ0v) is 13.4.